The number of ether oxygens (including phenoxy) is 1. The molecule has 122 valence electrons. The van der Waals surface area contributed by atoms with Gasteiger partial charge in [0.15, 0.2) is 0 Å². The van der Waals surface area contributed by atoms with E-state index in [0.717, 1.165) is 6.42 Å². The van der Waals surface area contributed by atoms with E-state index < -0.39 is 10.0 Å². The number of hydrogen-bond donors (Lipinski definition) is 1. The van der Waals surface area contributed by atoms with E-state index in [1.54, 1.807) is 13.1 Å². The van der Waals surface area contributed by atoms with E-state index >= 15 is 0 Å². The number of hydrogen-bond acceptors (Lipinski definition) is 4. The minimum Gasteiger partial charge on any atom is -0.491 e. The number of anilines is 1. The number of carbonyl (C=O) groups excluding carboxylic acids is 1. The van der Waals surface area contributed by atoms with Crippen LogP contribution in [0, 0.1) is 5.92 Å². The Bertz CT molecular complexity index is 656. The monoisotopic (exact) mass is 326 g/mol. The summed E-state index contributed by atoms with van der Waals surface area (Å²) in [5.74, 6) is 0.849. The number of fused-ring (bicyclic) bond motifs is 1. The van der Waals surface area contributed by atoms with Gasteiger partial charge in [-0.25, -0.2) is 13.1 Å². The normalized spacial score (nSPS) is 15.5. The molecule has 0 unspecified atom stereocenters. The summed E-state index contributed by atoms with van der Waals surface area (Å²) < 4.78 is 32.7. The fourth-order valence-electron chi connectivity index (χ4n) is 2.16. The Balaban J connectivity index is 2.26. The second-order valence-electron chi connectivity index (χ2n) is 5.76. The van der Waals surface area contributed by atoms with Crippen molar-refractivity contribution in [2.24, 2.45) is 5.92 Å². The van der Waals surface area contributed by atoms with Crippen LogP contribution in [0.15, 0.2) is 23.1 Å². The molecule has 22 heavy (non-hydrogen) atoms. The smallest absolute Gasteiger partial charge is 0.240 e. The molecule has 0 aromatic heterocycles. The molecule has 0 bridgehead atoms. The van der Waals surface area contributed by atoms with Crippen LogP contribution in [0.25, 0.3) is 0 Å². The van der Waals surface area contributed by atoms with Crippen molar-refractivity contribution in [3.63, 3.8) is 0 Å². The third-order valence-corrected chi connectivity index (χ3v) is 5.02. The van der Waals surface area contributed by atoms with Gasteiger partial charge in [-0.2, -0.15) is 0 Å². The highest BCUT2D eigenvalue weighted by atomic mass is 32.2. The van der Waals surface area contributed by atoms with Crippen LogP contribution in [0.4, 0.5) is 5.69 Å². The first-order valence-electron chi connectivity index (χ1n) is 7.34. The molecule has 7 heteroatoms. The number of benzene rings is 1. The fourth-order valence-corrected chi connectivity index (χ4v) is 3.23. The molecule has 1 aromatic rings. The molecule has 0 saturated heterocycles. The van der Waals surface area contributed by atoms with Gasteiger partial charge in [0.2, 0.25) is 15.9 Å². The molecule has 0 fully saturated rings. The van der Waals surface area contributed by atoms with Gasteiger partial charge in [0.25, 0.3) is 0 Å². The highest BCUT2D eigenvalue weighted by Crippen LogP contribution is 2.32. The molecule has 1 amide bonds. The van der Waals surface area contributed by atoms with Gasteiger partial charge in [-0.05, 0) is 30.5 Å². The van der Waals surface area contributed by atoms with Crippen molar-refractivity contribution < 1.29 is 17.9 Å². The number of carbonyl (C=O) groups is 1. The van der Waals surface area contributed by atoms with Gasteiger partial charge in [-0.1, -0.05) is 13.8 Å². The third-order valence-electron chi connectivity index (χ3n) is 3.56. The number of nitrogens with zero attached hydrogens (tertiary/aromatic N) is 1. The van der Waals surface area contributed by atoms with E-state index in [9.17, 15) is 13.2 Å². The molecule has 2 rings (SSSR count). The van der Waals surface area contributed by atoms with Crippen molar-refractivity contribution in [3.05, 3.63) is 18.2 Å². The average molecular weight is 326 g/mol. The molecular weight excluding hydrogens is 304 g/mol. The van der Waals surface area contributed by atoms with Gasteiger partial charge in [-0.15, -0.1) is 0 Å². The van der Waals surface area contributed by atoms with E-state index in [4.69, 9.17) is 4.74 Å². The summed E-state index contributed by atoms with van der Waals surface area (Å²) in [7, 11) is -1.96. The molecule has 1 heterocycles. The van der Waals surface area contributed by atoms with Crippen LogP contribution in [0.3, 0.4) is 0 Å². The highest BCUT2D eigenvalue weighted by molar-refractivity contribution is 7.89. The molecular formula is C15H22N2O4S. The lowest BCUT2D eigenvalue weighted by atomic mass is 10.1. The van der Waals surface area contributed by atoms with Crippen LogP contribution in [-0.4, -0.2) is 34.5 Å². The second-order valence-corrected chi connectivity index (χ2v) is 7.53. The third kappa shape index (κ3) is 3.78. The number of sulfonamides is 1. The van der Waals surface area contributed by atoms with Crippen molar-refractivity contribution in [3.8, 4) is 5.75 Å². The summed E-state index contributed by atoms with van der Waals surface area (Å²) in [5.41, 5.74) is 0.481. The maximum Gasteiger partial charge on any atom is 0.240 e. The summed E-state index contributed by atoms with van der Waals surface area (Å²) in [6.07, 6.45) is 1.05. The van der Waals surface area contributed by atoms with E-state index in [2.05, 4.69) is 4.72 Å². The first kappa shape index (κ1) is 16.8. The Kier molecular flexibility index (Phi) is 5.08. The van der Waals surface area contributed by atoms with Crippen LogP contribution in [0.5, 0.6) is 5.75 Å². The quantitative estimate of drug-likeness (QED) is 0.894. The zero-order valence-electron chi connectivity index (χ0n) is 13.1. The average Bonchev–Trinajstić information content (AvgIpc) is 2.58. The predicted molar refractivity (Wildman–Crippen MR) is 84.6 cm³/mol. The van der Waals surface area contributed by atoms with Crippen LogP contribution in [-0.2, 0) is 14.8 Å². The van der Waals surface area contributed by atoms with Gasteiger partial charge >= 0.3 is 0 Å². The molecule has 1 aromatic carbocycles. The Labute approximate surface area is 131 Å². The minimum absolute atomic E-state index is 0.0962. The molecule has 0 radical (unpaired) electrons. The Morgan fingerprint density at radius 2 is 2.09 bits per heavy atom. The number of rotatable bonds is 5. The minimum atomic E-state index is -3.59. The van der Waals surface area contributed by atoms with Gasteiger partial charge in [0, 0.05) is 13.6 Å². The van der Waals surface area contributed by atoms with Crippen molar-refractivity contribution in [1.29, 1.82) is 0 Å². The van der Waals surface area contributed by atoms with Crippen molar-refractivity contribution in [1.82, 2.24) is 4.72 Å². The zero-order chi connectivity index (χ0) is 16.3. The molecule has 0 saturated carbocycles. The van der Waals surface area contributed by atoms with E-state index in [1.807, 2.05) is 13.8 Å². The Hall–Kier alpha value is -1.60. The lowest BCUT2D eigenvalue weighted by Crippen LogP contribution is -2.27. The van der Waals surface area contributed by atoms with E-state index in [1.165, 1.54) is 17.0 Å². The Morgan fingerprint density at radius 3 is 2.77 bits per heavy atom. The van der Waals surface area contributed by atoms with Gasteiger partial charge in [0.1, 0.15) is 5.75 Å². The summed E-state index contributed by atoms with van der Waals surface area (Å²) in [6, 6.07) is 4.58. The summed E-state index contributed by atoms with van der Waals surface area (Å²) >= 11 is 0. The lowest BCUT2D eigenvalue weighted by Gasteiger charge is -2.17. The highest BCUT2D eigenvalue weighted by Gasteiger charge is 2.23. The van der Waals surface area contributed by atoms with Crippen LogP contribution in [0.1, 0.15) is 26.7 Å². The van der Waals surface area contributed by atoms with Crippen molar-refractivity contribution in [2.75, 3.05) is 25.1 Å². The van der Waals surface area contributed by atoms with Crippen LogP contribution < -0.4 is 14.4 Å². The van der Waals surface area contributed by atoms with Crippen LogP contribution >= 0.6 is 0 Å². The van der Waals surface area contributed by atoms with Gasteiger partial charge in [-0.3, -0.25) is 4.79 Å². The van der Waals surface area contributed by atoms with Gasteiger partial charge in [0.05, 0.1) is 23.6 Å². The molecule has 0 spiro atoms. The maximum absolute atomic E-state index is 12.3. The fraction of sp³-hybridized carbons (Fsp3) is 0.533. The summed E-state index contributed by atoms with van der Waals surface area (Å²) in [4.78, 5) is 13.4. The first-order chi connectivity index (χ1) is 10.3. The summed E-state index contributed by atoms with van der Waals surface area (Å²) in [6.45, 7) is 4.76. The Morgan fingerprint density at radius 1 is 1.36 bits per heavy atom. The molecule has 0 aliphatic carbocycles. The second kappa shape index (κ2) is 6.66. The van der Waals surface area contributed by atoms with Gasteiger partial charge < -0.3 is 9.64 Å². The maximum atomic E-state index is 12.3. The number of amides is 1. The van der Waals surface area contributed by atoms with Crippen molar-refractivity contribution in [2.45, 2.75) is 31.6 Å². The largest absolute Gasteiger partial charge is 0.491 e. The van der Waals surface area contributed by atoms with Crippen molar-refractivity contribution >= 4 is 21.6 Å². The first-order valence-corrected chi connectivity index (χ1v) is 8.82. The molecule has 1 aliphatic rings. The predicted octanol–water partition coefficient (Wildman–Crippen LogP) is 1.76. The lowest BCUT2D eigenvalue weighted by molar-refractivity contribution is -0.118. The summed E-state index contributed by atoms with van der Waals surface area (Å²) in [5, 5.41) is 0. The SMILES string of the molecule is CC(C)CCNS(=O)(=O)c1ccc2c(c1)N(C)C(=O)CCO2. The van der Waals surface area contributed by atoms with E-state index in [-0.39, 0.29) is 17.2 Å². The molecule has 1 N–H and O–H groups in total. The zero-order valence-corrected chi connectivity index (χ0v) is 13.9. The van der Waals surface area contributed by atoms with Crippen LogP contribution in [0.2, 0.25) is 0 Å². The standard InChI is InChI=1S/C15H22N2O4S/c1-11(2)6-8-16-22(19,20)12-4-5-14-13(10-12)17(3)15(18)7-9-21-14/h4-5,10-11,16H,6-9H2,1-3H3. The molecule has 6 nitrogen and oxygen atoms in total. The molecule has 0 atom stereocenters. The molecule has 1 aliphatic heterocycles. The van der Waals surface area contributed by atoms with E-state index in [0.29, 0.717) is 30.5 Å². The topological polar surface area (TPSA) is 75.7 Å². The number of nitrogens with one attached hydrogen (secondary N) is 1.